The molecule has 4 nitrogen and oxygen atoms in total. The van der Waals surface area contributed by atoms with Gasteiger partial charge in [0.05, 0.1) is 5.01 Å². The molecule has 0 aliphatic carbocycles. The van der Waals surface area contributed by atoms with Crippen molar-refractivity contribution in [3.05, 3.63) is 51.5 Å². The quantitative estimate of drug-likeness (QED) is 0.461. The van der Waals surface area contributed by atoms with Gasteiger partial charge in [-0.1, -0.05) is 45.0 Å². The summed E-state index contributed by atoms with van der Waals surface area (Å²) in [5.41, 5.74) is 2.65. The molecule has 0 bridgehead atoms. The van der Waals surface area contributed by atoms with Crippen LogP contribution in [-0.2, 0) is 16.6 Å². The van der Waals surface area contributed by atoms with Crippen LogP contribution >= 0.6 is 11.3 Å². The lowest BCUT2D eigenvalue weighted by Gasteiger charge is -2.18. The zero-order chi connectivity index (χ0) is 18.4. The summed E-state index contributed by atoms with van der Waals surface area (Å²) in [6.45, 7) is 8.84. The summed E-state index contributed by atoms with van der Waals surface area (Å²) < 4.78 is 0. The number of amides is 1. The van der Waals surface area contributed by atoms with Gasteiger partial charge in [0.15, 0.2) is 0 Å². The summed E-state index contributed by atoms with van der Waals surface area (Å²) >= 11 is 1.67. The molecule has 0 fully saturated rings. The van der Waals surface area contributed by atoms with Crippen LogP contribution in [0, 0.1) is 6.92 Å². The number of nitrogens with zero attached hydrogens (tertiary/aromatic N) is 1. The predicted molar refractivity (Wildman–Crippen MR) is 102 cm³/mol. The van der Waals surface area contributed by atoms with Gasteiger partial charge in [-0.25, -0.2) is 4.98 Å². The molecule has 1 aromatic heterocycles. The van der Waals surface area contributed by atoms with Crippen molar-refractivity contribution in [1.29, 1.82) is 0 Å². The van der Waals surface area contributed by atoms with E-state index in [1.165, 1.54) is 0 Å². The lowest BCUT2D eigenvalue weighted by Crippen LogP contribution is -2.31. The van der Waals surface area contributed by atoms with E-state index in [1.54, 1.807) is 23.5 Å². The van der Waals surface area contributed by atoms with Crippen LogP contribution in [0.25, 0.3) is 0 Å². The summed E-state index contributed by atoms with van der Waals surface area (Å²) in [4.78, 5) is 28.6. The van der Waals surface area contributed by atoms with Gasteiger partial charge < -0.3 is 5.32 Å². The number of carbonyl (C=O) groups is 2. The van der Waals surface area contributed by atoms with Crippen LogP contribution < -0.4 is 5.32 Å². The summed E-state index contributed by atoms with van der Waals surface area (Å²) in [5, 5.41) is 5.88. The molecule has 0 saturated heterocycles. The number of carbonyl (C=O) groups excluding carboxylic acids is 2. The Bertz CT molecular complexity index is 727. The Morgan fingerprint density at radius 3 is 2.36 bits per heavy atom. The smallest absolute Gasteiger partial charge is 0.292 e. The molecule has 134 valence electrons. The van der Waals surface area contributed by atoms with E-state index >= 15 is 0 Å². The molecule has 2 rings (SSSR count). The van der Waals surface area contributed by atoms with Crippen LogP contribution in [0.1, 0.15) is 60.2 Å². The monoisotopic (exact) mass is 358 g/mol. The Kier molecular flexibility index (Phi) is 6.48. The number of unbranched alkanes of at least 4 members (excludes halogenated alkanes) is 1. The number of hydrogen-bond acceptors (Lipinski definition) is 4. The minimum Gasteiger partial charge on any atom is -0.349 e. The first-order valence-corrected chi connectivity index (χ1v) is 9.49. The Morgan fingerprint density at radius 1 is 1.12 bits per heavy atom. The van der Waals surface area contributed by atoms with Gasteiger partial charge in [0.1, 0.15) is 0 Å². The molecule has 0 spiro atoms. The van der Waals surface area contributed by atoms with E-state index in [1.807, 2.05) is 24.4 Å². The Labute approximate surface area is 153 Å². The fraction of sp³-hybridized carbons (Fsp3) is 0.450. The lowest BCUT2D eigenvalue weighted by molar-refractivity contribution is -0.117. The number of aromatic nitrogens is 1. The van der Waals surface area contributed by atoms with Crippen molar-refractivity contribution in [2.24, 2.45) is 0 Å². The first kappa shape index (κ1) is 19.3. The van der Waals surface area contributed by atoms with Crippen molar-refractivity contribution in [3.63, 3.8) is 0 Å². The number of hydrogen-bond donors (Lipinski definition) is 1. The van der Waals surface area contributed by atoms with Gasteiger partial charge in [0, 0.05) is 23.2 Å². The zero-order valence-corrected chi connectivity index (χ0v) is 16.2. The van der Waals surface area contributed by atoms with Gasteiger partial charge in [0.25, 0.3) is 5.91 Å². The average molecular weight is 359 g/mol. The van der Waals surface area contributed by atoms with Gasteiger partial charge in [-0.2, -0.15) is 0 Å². The van der Waals surface area contributed by atoms with E-state index in [-0.39, 0.29) is 5.41 Å². The second-order valence-corrected chi connectivity index (χ2v) is 8.19. The van der Waals surface area contributed by atoms with E-state index in [0.717, 1.165) is 35.5 Å². The fourth-order valence-corrected chi connectivity index (χ4v) is 3.27. The average Bonchev–Trinajstić information content (AvgIpc) is 2.98. The van der Waals surface area contributed by atoms with Gasteiger partial charge in [-0.05, 0) is 37.2 Å². The minimum absolute atomic E-state index is 0.0276. The topological polar surface area (TPSA) is 59.1 Å². The van der Waals surface area contributed by atoms with Gasteiger partial charge in [-0.3, -0.25) is 9.59 Å². The predicted octanol–water partition coefficient (Wildman–Crippen LogP) is 4.07. The van der Waals surface area contributed by atoms with E-state index < -0.39 is 11.7 Å². The third kappa shape index (κ3) is 5.78. The molecule has 0 aliphatic heterocycles. The second kappa shape index (κ2) is 8.39. The van der Waals surface area contributed by atoms with Crippen molar-refractivity contribution in [2.75, 3.05) is 6.54 Å². The molecule has 0 unspecified atom stereocenters. The van der Waals surface area contributed by atoms with E-state index in [9.17, 15) is 9.59 Å². The molecule has 0 atom stereocenters. The van der Waals surface area contributed by atoms with Crippen LogP contribution in [0.15, 0.2) is 29.6 Å². The van der Waals surface area contributed by atoms with Gasteiger partial charge >= 0.3 is 0 Å². The van der Waals surface area contributed by atoms with Crippen molar-refractivity contribution < 1.29 is 9.59 Å². The molecular weight excluding hydrogens is 332 g/mol. The van der Waals surface area contributed by atoms with E-state index in [4.69, 9.17) is 0 Å². The number of benzene rings is 1. The highest BCUT2D eigenvalue weighted by molar-refractivity contribution is 7.09. The van der Waals surface area contributed by atoms with E-state index in [0.29, 0.717) is 12.1 Å². The maximum atomic E-state index is 12.2. The largest absolute Gasteiger partial charge is 0.349 e. The molecular formula is C20H26N2O2S. The third-order valence-electron chi connectivity index (χ3n) is 3.99. The maximum Gasteiger partial charge on any atom is 0.292 e. The van der Waals surface area contributed by atoms with Gasteiger partial charge in [-0.15, -0.1) is 11.3 Å². The number of nitrogens with one attached hydrogen (secondary N) is 1. The Balaban J connectivity index is 1.75. The molecule has 1 N–H and O–H groups in total. The first-order valence-electron chi connectivity index (χ1n) is 8.61. The van der Waals surface area contributed by atoms with Crippen LogP contribution in [0.3, 0.4) is 0 Å². The highest BCUT2D eigenvalue weighted by Gasteiger charge is 2.18. The number of rotatable bonds is 7. The van der Waals surface area contributed by atoms with Crippen LogP contribution in [-0.4, -0.2) is 23.2 Å². The molecule has 25 heavy (non-hydrogen) atoms. The van der Waals surface area contributed by atoms with Crippen LogP contribution in [0.2, 0.25) is 0 Å². The molecule has 0 radical (unpaired) electrons. The Morgan fingerprint density at radius 2 is 1.80 bits per heavy atom. The summed E-state index contributed by atoms with van der Waals surface area (Å²) in [7, 11) is 0. The highest BCUT2D eigenvalue weighted by atomic mass is 32.1. The van der Waals surface area contributed by atoms with Crippen molar-refractivity contribution in [3.8, 4) is 0 Å². The lowest BCUT2D eigenvalue weighted by atomic mass is 9.86. The highest BCUT2D eigenvalue weighted by Crippen LogP contribution is 2.22. The van der Waals surface area contributed by atoms with Crippen molar-refractivity contribution in [1.82, 2.24) is 10.3 Å². The van der Waals surface area contributed by atoms with Crippen molar-refractivity contribution >= 4 is 23.0 Å². The third-order valence-corrected chi connectivity index (χ3v) is 5.02. The van der Waals surface area contributed by atoms with Crippen molar-refractivity contribution in [2.45, 2.75) is 52.4 Å². The molecule has 2 aromatic rings. The van der Waals surface area contributed by atoms with E-state index in [2.05, 4.69) is 31.1 Å². The molecule has 1 amide bonds. The minimum atomic E-state index is -0.534. The standard InChI is InChI=1S/C20H26N2O2S/c1-14-13-25-17(22-14)7-5-6-12-21-19(24)18(23)15-8-10-16(11-9-15)20(2,3)4/h8-11,13H,5-7,12H2,1-4H3,(H,21,24). The summed E-state index contributed by atoms with van der Waals surface area (Å²) in [6, 6.07) is 7.29. The molecule has 1 heterocycles. The summed E-state index contributed by atoms with van der Waals surface area (Å²) in [6.07, 6.45) is 2.69. The molecule has 0 saturated carbocycles. The number of Topliss-reactive ketones (excluding diaryl/α,β-unsaturated/α-hetero) is 1. The molecule has 5 heteroatoms. The molecule has 1 aromatic carbocycles. The first-order chi connectivity index (χ1) is 11.8. The Hall–Kier alpha value is -2.01. The van der Waals surface area contributed by atoms with Crippen LogP contribution in [0.4, 0.5) is 0 Å². The maximum absolute atomic E-state index is 12.2. The molecule has 0 aliphatic rings. The SMILES string of the molecule is Cc1csc(CCCCNC(=O)C(=O)c2ccc(C(C)(C)C)cc2)n1. The summed E-state index contributed by atoms with van der Waals surface area (Å²) in [5.74, 6) is -1.01. The number of thiazole rings is 1. The fourth-order valence-electron chi connectivity index (χ4n) is 2.45. The second-order valence-electron chi connectivity index (χ2n) is 7.25. The number of aryl methyl sites for hydroxylation is 2. The normalized spacial score (nSPS) is 11.4. The van der Waals surface area contributed by atoms with Gasteiger partial charge in [0.2, 0.25) is 5.78 Å². The van der Waals surface area contributed by atoms with Crippen LogP contribution in [0.5, 0.6) is 0 Å². The number of ketones is 1. The zero-order valence-electron chi connectivity index (χ0n) is 15.4.